The standard InChI is InChI=1S/C27H22N4O7/c1-4-37-25-20(31(33)34)12-16(13-23(25)36-3)15-28-30-26(29-19-9-6-5-8-17(19)27(30)32)24-14-18-21(35-2)10-7-11-22(18)38-24/h5-15H,4H2,1-3H3. The molecule has 5 aromatic rings. The molecule has 11 nitrogen and oxygen atoms in total. The van der Waals surface area contributed by atoms with Crippen molar-refractivity contribution in [3.63, 3.8) is 0 Å². The molecule has 5 rings (SSSR count). The zero-order valence-corrected chi connectivity index (χ0v) is 20.7. The zero-order chi connectivity index (χ0) is 26.8. The molecule has 11 heteroatoms. The fourth-order valence-corrected chi connectivity index (χ4v) is 4.10. The van der Waals surface area contributed by atoms with E-state index in [2.05, 4.69) is 10.1 Å². The number of methoxy groups -OCH3 is 2. The van der Waals surface area contributed by atoms with Gasteiger partial charge in [-0.3, -0.25) is 14.9 Å². The van der Waals surface area contributed by atoms with Gasteiger partial charge < -0.3 is 18.6 Å². The van der Waals surface area contributed by atoms with E-state index in [9.17, 15) is 14.9 Å². The first kappa shape index (κ1) is 24.5. The molecule has 0 aliphatic rings. The van der Waals surface area contributed by atoms with Crippen LogP contribution in [0, 0.1) is 10.1 Å². The number of para-hydroxylation sites is 1. The molecule has 0 fully saturated rings. The van der Waals surface area contributed by atoms with Crippen molar-refractivity contribution in [2.75, 3.05) is 20.8 Å². The van der Waals surface area contributed by atoms with E-state index in [-0.39, 0.29) is 29.6 Å². The number of rotatable bonds is 8. The second-order valence-corrected chi connectivity index (χ2v) is 8.06. The molecule has 0 N–H and O–H groups in total. The average molecular weight is 514 g/mol. The lowest BCUT2D eigenvalue weighted by Gasteiger charge is -2.10. The average Bonchev–Trinajstić information content (AvgIpc) is 3.37. The van der Waals surface area contributed by atoms with Crippen molar-refractivity contribution in [1.82, 2.24) is 9.66 Å². The SMILES string of the molecule is CCOc1c(OC)cc(C=Nn2c(-c3cc4c(OC)cccc4o3)nc3ccccc3c2=O)cc1[N+](=O)[O-]. The van der Waals surface area contributed by atoms with Crippen LogP contribution in [-0.2, 0) is 0 Å². The van der Waals surface area contributed by atoms with E-state index in [4.69, 9.17) is 18.6 Å². The lowest BCUT2D eigenvalue weighted by Crippen LogP contribution is -2.20. The lowest BCUT2D eigenvalue weighted by atomic mass is 10.2. The first-order valence-electron chi connectivity index (χ1n) is 11.6. The third kappa shape index (κ3) is 4.30. The third-order valence-corrected chi connectivity index (χ3v) is 5.80. The fourth-order valence-electron chi connectivity index (χ4n) is 4.10. The molecule has 0 saturated heterocycles. The summed E-state index contributed by atoms with van der Waals surface area (Å²) in [6.45, 7) is 1.93. The minimum Gasteiger partial charge on any atom is -0.496 e. The van der Waals surface area contributed by atoms with Crippen molar-refractivity contribution in [2.45, 2.75) is 6.92 Å². The van der Waals surface area contributed by atoms with Crippen LogP contribution in [0.1, 0.15) is 12.5 Å². The molecule has 2 aromatic heterocycles. The van der Waals surface area contributed by atoms with E-state index in [1.54, 1.807) is 62.6 Å². The Morgan fingerprint density at radius 2 is 1.84 bits per heavy atom. The van der Waals surface area contributed by atoms with Gasteiger partial charge in [0.2, 0.25) is 11.6 Å². The van der Waals surface area contributed by atoms with E-state index in [1.807, 2.05) is 0 Å². The molecule has 0 saturated carbocycles. The Labute approximate surface area is 215 Å². The molecule has 0 spiro atoms. The van der Waals surface area contributed by atoms with Gasteiger partial charge in [-0.2, -0.15) is 9.78 Å². The number of fused-ring (bicyclic) bond motifs is 2. The van der Waals surface area contributed by atoms with Crippen molar-refractivity contribution in [1.29, 1.82) is 0 Å². The Morgan fingerprint density at radius 1 is 1.05 bits per heavy atom. The van der Waals surface area contributed by atoms with E-state index in [1.165, 1.54) is 25.5 Å². The Morgan fingerprint density at radius 3 is 2.58 bits per heavy atom. The summed E-state index contributed by atoms with van der Waals surface area (Å²) in [4.78, 5) is 29.3. The van der Waals surface area contributed by atoms with Gasteiger partial charge in [-0.05, 0) is 43.3 Å². The Balaban J connectivity index is 1.71. The molecule has 0 aliphatic carbocycles. The molecule has 0 radical (unpaired) electrons. The highest BCUT2D eigenvalue weighted by Gasteiger charge is 2.22. The topological polar surface area (TPSA) is 131 Å². The van der Waals surface area contributed by atoms with Crippen LogP contribution in [0.15, 0.2) is 75.0 Å². The van der Waals surface area contributed by atoms with E-state index < -0.39 is 10.5 Å². The van der Waals surface area contributed by atoms with E-state index in [0.717, 1.165) is 4.68 Å². The number of ether oxygens (including phenoxy) is 3. The third-order valence-electron chi connectivity index (χ3n) is 5.80. The Kier molecular flexibility index (Phi) is 6.48. The van der Waals surface area contributed by atoms with Crippen LogP contribution in [0.5, 0.6) is 17.2 Å². The second-order valence-electron chi connectivity index (χ2n) is 8.06. The maximum absolute atomic E-state index is 13.5. The number of hydrogen-bond acceptors (Lipinski definition) is 9. The van der Waals surface area contributed by atoms with Gasteiger partial charge >= 0.3 is 5.69 Å². The fraction of sp³-hybridized carbons (Fsp3) is 0.148. The summed E-state index contributed by atoms with van der Waals surface area (Å²) in [7, 11) is 2.94. The van der Waals surface area contributed by atoms with E-state index in [0.29, 0.717) is 38.9 Å². The first-order valence-corrected chi connectivity index (χ1v) is 11.6. The molecule has 192 valence electrons. The molecule has 0 unspecified atom stereocenters. The monoisotopic (exact) mass is 514 g/mol. The number of hydrogen-bond donors (Lipinski definition) is 0. The van der Waals surface area contributed by atoms with Gasteiger partial charge in [-0.15, -0.1) is 0 Å². The number of furan rings is 1. The van der Waals surface area contributed by atoms with Gasteiger partial charge in [0.1, 0.15) is 11.3 Å². The molecule has 0 bridgehead atoms. The summed E-state index contributed by atoms with van der Waals surface area (Å²) in [5.74, 6) is 1.22. The summed E-state index contributed by atoms with van der Waals surface area (Å²) in [5.41, 5.74) is 0.589. The minimum atomic E-state index is -0.568. The van der Waals surface area contributed by atoms with Crippen LogP contribution < -0.4 is 19.8 Å². The summed E-state index contributed by atoms with van der Waals surface area (Å²) in [6, 6.07) is 16.8. The maximum Gasteiger partial charge on any atom is 0.315 e. The molecule has 0 amide bonds. The lowest BCUT2D eigenvalue weighted by molar-refractivity contribution is -0.385. The predicted molar refractivity (Wildman–Crippen MR) is 142 cm³/mol. The van der Waals surface area contributed by atoms with Crippen LogP contribution >= 0.6 is 0 Å². The van der Waals surface area contributed by atoms with Crippen molar-refractivity contribution in [2.24, 2.45) is 5.10 Å². The van der Waals surface area contributed by atoms with Crippen LogP contribution in [0.3, 0.4) is 0 Å². The number of nitrogens with zero attached hydrogens (tertiary/aromatic N) is 4. The molecule has 2 heterocycles. The molecule has 0 atom stereocenters. The first-order chi connectivity index (χ1) is 18.4. The van der Waals surface area contributed by atoms with Gasteiger partial charge in [-0.25, -0.2) is 4.98 Å². The second kappa shape index (κ2) is 10.1. The highest BCUT2D eigenvalue weighted by Crippen LogP contribution is 2.38. The Hall–Kier alpha value is -5.19. The number of nitro benzene ring substituents is 1. The molecule has 0 aliphatic heterocycles. The summed E-state index contributed by atoms with van der Waals surface area (Å²) >= 11 is 0. The van der Waals surface area contributed by atoms with Crippen LogP contribution in [0.4, 0.5) is 5.69 Å². The van der Waals surface area contributed by atoms with Gasteiger partial charge in [0.25, 0.3) is 5.56 Å². The molecule has 38 heavy (non-hydrogen) atoms. The largest absolute Gasteiger partial charge is 0.496 e. The quantitative estimate of drug-likeness (QED) is 0.160. The maximum atomic E-state index is 13.5. The van der Waals surface area contributed by atoms with Crippen molar-refractivity contribution in [3.05, 3.63) is 86.7 Å². The molecule has 3 aromatic carbocycles. The zero-order valence-electron chi connectivity index (χ0n) is 20.7. The van der Waals surface area contributed by atoms with E-state index >= 15 is 0 Å². The number of benzene rings is 3. The summed E-state index contributed by atoms with van der Waals surface area (Å²) in [6.07, 6.45) is 1.32. The van der Waals surface area contributed by atoms with Gasteiger partial charge in [0.05, 0.1) is 48.3 Å². The normalized spacial score (nSPS) is 11.3. The number of aromatic nitrogens is 2. The number of nitro groups is 1. The summed E-state index contributed by atoms with van der Waals surface area (Å²) < 4.78 is 23.3. The Bertz CT molecular complexity index is 1770. The van der Waals surface area contributed by atoms with Gasteiger partial charge in [-0.1, -0.05) is 18.2 Å². The highest BCUT2D eigenvalue weighted by molar-refractivity contribution is 5.89. The predicted octanol–water partition coefficient (Wildman–Crippen LogP) is 5.02. The van der Waals surface area contributed by atoms with Crippen molar-refractivity contribution in [3.8, 4) is 28.8 Å². The highest BCUT2D eigenvalue weighted by atomic mass is 16.6. The van der Waals surface area contributed by atoms with Crippen LogP contribution in [0.2, 0.25) is 0 Å². The van der Waals surface area contributed by atoms with Crippen LogP contribution in [-0.4, -0.2) is 41.6 Å². The molecular weight excluding hydrogens is 492 g/mol. The summed E-state index contributed by atoms with van der Waals surface area (Å²) in [5, 5.41) is 17.1. The van der Waals surface area contributed by atoms with Gasteiger partial charge in [0, 0.05) is 11.6 Å². The van der Waals surface area contributed by atoms with Crippen LogP contribution in [0.25, 0.3) is 33.5 Å². The molecular formula is C27H22N4O7. The van der Waals surface area contributed by atoms with Crippen molar-refractivity contribution >= 4 is 33.8 Å². The minimum absolute atomic E-state index is 0.0126. The smallest absolute Gasteiger partial charge is 0.315 e. The van der Waals surface area contributed by atoms with Gasteiger partial charge in [0.15, 0.2) is 11.5 Å². The van der Waals surface area contributed by atoms with Crippen molar-refractivity contribution < 1.29 is 23.6 Å².